The maximum atomic E-state index is 15.1. The van der Waals surface area contributed by atoms with Crippen LogP contribution in [0.5, 0.6) is 0 Å². The van der Waals surface area contributed by atoms with Gasteiger partial charge in [-0.3, -0.25) is 9.59 Å². The van der Waals surface area contributed by atoms with Crippen molar-refractivity contribution in [2.45, 2.75) is 55.8 Å². The Morgan fingerprint density at radius 1 is 1.00 bits per heavy atom. The summed E-state index contributed by atoms with van der Waals surface area (Å²) in [4.78, 5) is 31.4. The number of pyridine rings is 1. The van der Waals surface area contributed by atoms with E-state index in [1.807, 2.05) is 0 Å². The van der Waals surface area contributed by atoms with Gasteiger partial charge in [0.05, 0.1) is 30.9 Å². The highest BCUT2D eigenvalue weighted by molar-refractivity contribution is 7.98. The number of piperidine rings is 1. The van der Waals surface area contributed by atoms with Gasteiger partial charge in [-0.1, -0.05) is 54.6 Å². The van der Waals surface area contributed by atoms with Gasteiger partial charge in [-0.05, 0) is 72.3 Å². The number of likely N-dealkylation sites (tertiary alicyclic amines) is 1. The summed E-state index contributed by atoms with van der Waals surface area (Å²) in [6.45, 7) is -5.03. The third-order valence-electron chi connectivity index (χ3n) is 8.77. The summed E-state index contributed by atoms with van der Waals surface area (Å²) in [5, 5.41) is -1.13. The molecule has 1 aliphatic rings. The Labute approximate surface area is 323 Å². The number of thioether (sulfide) groups is 1. The van der Waals surface area contributed by atoms with Gasteiger partial charge in [-0.15, -0.1) is 11.8 Å². The van der Waals surface area contributed by atoms with Crippen LogP contribution in [-0.4, -0.2) is 59.6 Å². The Balaban J connectivity index is 1.45. The summed E-state index contributed by atoms with van der Waals surface area (Å²) < 4.78 is 161. The van der Waals surface area contributed by atoms with Gasteiger partial charge in [0.1, 0.15) is 6.54 Å². The highest BCUT2D eigenvalue weighted by Crippen LogP contribution is 2.32. The van der Waals surface area contributed by atoms with E-state index in [9.17, 15) is 27.2 Å². The third kappa shape index (κ3) is 9.17. The van der Waals surface area contributed by atoms with Crippen LogP contribution in [-0.2, 0) is 34.5 Å². The molecule has 1 aromatic heterocycles. The largest absolute Gasteiger partial charge is 0.416 e. The van der Waals surface area contributed by atoms with Gasteiger partial charge in [0.15, 0.2) is 17.1 Å². The molecule has 1 saturated heterocycles. The number of halogens is 5. The van der Waals surface area contributed by atoms with E-state index in [0.717, 1.165) is 42.0 Å². The average molecular weight is 760 g/mol. The fraction of sp³-hybridized carbons (Fsp3) is 0.317. The number of fused-ring (bicyclic) bond motifs is 1. The molecule has 4 aromatic carbocycles. The highest BCUT2D eigenvalue weighted by atomic mass is 32.2. The van der Waals surface area contributed by atoms with E-state index in [-0.39, 0.29) is 55.3 Å². The first-order valence-corrected chi connectivity index (χ1v) is 17.3. The zero-order valence-electron chi connectivity index (χ0n) is 38.5. The molecule has 12 heteroatoms. The van der Waals surface area contributed by atoms with Crippen molar-refractivity contribution in [3.05, 3.63) is 135 Å². The first kappa shape index (κ1) is 27.1. The molecule has 0 aliphatic carbocycles. The van der Waals surface area contributed by atoms with Crippen molar-refractivity contribution in [2.24, 2.45) is 0 Å². The number of carbonyl (C=O) groups excluding carboxylic acids is 1. The molecule has 1 fully saturated rings. The Bertz CT molecular complexity index is 2610. The predicted molar refractivity (Wildman–Crippen MR) is 198 cm³/mol. The predicted octanol–water partition coefficient (Wildman–Crippen LogP) is 8.71. The number of nitrogens with zero attached hydrogens (tertiary/aromatic N) is 3. The van der Waals surface area contributed by atoms with Crippen molar-refractivity contribution in [2.75, 3.05) is 33.3 Å². The molecule has 1 aliphatic heterocycles. The van der Waals surface area contributed by atoms with Crippen molar-refractivity contribution < 1.29 is 45.2 Å². The van der Waals surface area contributed by atoms with Crippen LogP contribution in [0.2, 0.25) is 0 Å². The van der Waals surface area contributed by atoms with Crippen LogP contribution in [0.1, 0.15) is 48.8 Å². The summed E-state index contributed by atoms with van der Waals surface area (Å²) in [6, 6.07) is 10.6. The molecule has 0 unspecified atom stereocenters. The van der Waals surface area contributed by atoms with Gasteiger partial charge in [0.25, 0.3) is 0 Å². The number of rotatable bonds is 12. The summed E-state index contributed by atoms with van der Waals surface area (Å²) >= 11 is 0.113. The molecule has 0 bridgehead atoms. The number of alkyl halides is 3. The van der Waals surface area contributed by atoms with Crippen LogP contribution in [0.15, 0.2) is 101 Å². The fourth-order valence-electron chi connectivity index (χ4n) is 6.00. The molecule has 2 heterocycles. The maximum Gasteiger partial charge on any atom is 0.416 e. The smallest absolute Gasteiger partial charge is 0.383 e. The quantitative estimate of drug-likeness (QED) is 0.0942. The topological polar surface area (TPSA) is 54.8 Å². The third-order valence-corrected chi connectivity index (χ3v) is 9.60. The summed E-state index contributed by atoms with van der Waals surface area (Å²) in [5.74, 6) is -3.65. The number of carbonyl (C=O) groups is 1. The molecule has 6 rings (SSSR count). The molecule has 278 valence electrons. The maximum absolute atomic E-state index is 15.1. The summed E-state index contributed by atoms with van der Waals surface area (Å²) in [5.41, 5.74) is -4.57. The van der Waals surface area contributed by atoms with E-state index in [0.29, 0.717) is 16.7 Å². The van der Waals surface area contributed by atoms with Crippen molar-refractivity contribution >= 4 is 28.6 Å². The second kappa shape index (κ2) is 16.7. The Hall–Kier alpha value is -4.52. The molecular formula is C41H40F5N3O3S. The lowest BCUT2D eigenvalue weighted by molar-refractivity contribution is -0.137. The highest BCUT2D eigenvalue weighted by Gasteiger charge is 2.31. The second-order valence-electron chi connectivity index (χ2n) is 12.3. The number of benzene rings is 4. The molecule has 0 radical (unpaired) electrons. The van der Waals surface area contributed by atoms with E-state index in [1.165, 1.54) is 28.9 Å². The van der Waals surface area contributed by atoms with E-state index in [4.69, 9.17) is 18.4 Å². The fourth-order valence-corrected chi connectivity index (χ4v) is 6.77. The number of amides is 1. The SMILES string of the molecule is [2H]c1c(C)c([2H])c2c(c1[2H])c(=O)c([2H])c(SC([2H])([2H])c1cccc(F)c1F)n2CC(=O)N(Cc1ccc(-c2ccc(C(F)(F)F)cc2)cc1)C1CCN(C([2H])([2H])C([2H])([2H])OC)CC1. The van der Waals surface area contributed by atoms with Crippen molar-refractivity contribution in [1.29, 1.82) is 0 Å². The second-order valence-corrected chi connectivity index (χ2v) is 13.1. The van der Waals surface area contributed by atoms with Crippen LogP contribution < -0.4 is 5.43 Å². The molecular weight excluding hydrogens is 710 g/mol. The zero-order valence-corrected chi connectivity index (χ0v) is 29.4. The lowest BCUT2D eigenvalue weighted by Crippen LogP contribution is -2.48. The molecule has 0 spiro atoms. The first-order chi connectivity index (χ1) is 29.3. The zero-order chi connectivity index (χ0) is 46.6. The first-order valence-electron chi connectivity index (χ1n) is 21.5. The molecule has 6 nitrogen and oxygen atoms in total. The average Bonchev–Trinajstić information content (AvgIpc) is 3.24. The minimum Gasteiger partial charge on any atom is -0.383 e. The molecule has 0 saturated carbocycles. The molecule has 5 aromatic rings. The van der Waals surface area contributed by atoms with Crippen LogP contribution in [0.25, 0.3) is 22.0 Å². The normalized spacial score (nSPS) is 17.7. The standard InChI is InChI=1S/C41H40F5N3O3S/c1-27-6-15-34-36(22-27)49(39(23-37(34)50)53-26-31-4-3-5-35(42)40(31)43)25-38(51)48(33-16-18-47(19-17-33)20-21-52-2)24-28-7-9-29(10-8-28)30-11-13-32(14-12-30)41(44,45)46/h3-15,22-23,33H,16-21,24-26H2,1-2H3/i6D,15D,20D2,21D2,22D,23D,26D2. The lowest BCUT2D eigenvalue weighted by atomic mass is 10.00. The van der Waals surface area contributed by atoms with Crippen LogP contribution in [0.4, 0.5) is 22.0 Å². The number of aromatic nitrogens is 1. The van der Waals surface area contributed by atoms with E-state index >= 15 is 4.39 Å². The Kier molecular flexibility index (Phi) is 8.52. The van der Waals surface area contributed by atoms with Crippen molar-refractivity contribution in [3.8, 4) is 11.1 Å². The van der Waals surface area contributed by atoms with Gasteiger partial charge in [0.2, 0.25) is 5.91 Å². The molecule has 1 amide bonds. The van der Waals surface area contributed by atoms with Crippen LogP contribution in [0.3, 0.4) is 0 Å². The van der Waals surface area contributed by atoms with Gasteiger partial charge >= 0.3 is 6.18 Å². The van der Waals surface area contributed by atoms with Crippen molar-refractivity contribution in [1.82, 2.24) is 14.4 Å². The summed E-state index contributed by atoms with van der Waals surface area (Å²) in [6.07, 6.45) is -4.35. The van der Waals surface area contributed by atoms with Crippen LogP contribution in [0, 0.1) is 18.6 Å². The monoisotopic (exact) mass is 759 g/mol. The molecule has 53 heavy (non-hydrogen) atoms. The minimum atomic E-state index is -4.53. The number of methoxy groups -OCH3 is 1. The van der Waals surface area contributed by atoms with E-state index in [2.05, 4.69) is 0 Å². The van der Waals surface area contributed by atoms with E-state index < -0.39 is 106 Å². The Morgan fingerprint density at radius 2 is 1.68 bits per heavy atom. The van der Waals surface area contributed by atoms with Gasteiger partial charge < -0.3 is 19.1 Å². The van der Waals surface area contributed by atoms with Crippen molar-refractivity contribution in [3.63, 3.8) is 0 Å². The van der Waals surface area contributed by atoms with Crippen LogP contribution >= 0.6 is 11.8 Å². The molecule has 0 atom stereocenters. The summed E-state index contributed by atoms with van der Waals surface area (Å²) in [7, 11) is 1.03. The Morgan fingerprint density at radius 3 is 2.34 bits per heavy atom. The number of hydrogen-bond donors (Lipinski definition) is 0. The van der Waals surface area contributed by atoms with Gasteiger partial charge in [-0.2, -0.15) is 13.2 Å². The van der Waals surface area contributed by atoms with E-state index in [1.54, 1.807) is 24.3 Å². The molecule has 0 N–H and O–H groups in total. The van der Waals surface area contributed by atoms with Gasteiger partial charge in [0, 0.05) is 67.5 Å². The minimum absolute atomic E-state index is 0.0555. The van der Waals surface area contributed by atoms with Gasteiger partial charge in [-0.25, -0.2) is 8.78 Å². The lowest BCUT2D eigenvalue weighted by Gasteiger charge is -2.39. The number of ether oxygens (including phenoxy) is 1. The number of hydrogen-bond acceptors (Lipinski definition) is 5.